The number of nitrogens with zero attached hydrogens (tertiary/aromatic N) is 1. The van der Waals surface area contributed by atoms with Gasteiger partial charge in [-0.1, -0.05) is 30.0 Å². The number of hydrogen-bond acceptors (Lipinski definition) is 4. The minimum absolute atomic E-state index is 0.0506. The molecule has 4 rings (SSSR count). The van der Waals surface area contributed by atoms with Crippen LogP contribution in [0.1, 0.15) is 10.4 Å². The minimum Gasteiger partial charge on any atom is -0.399 e. The molecular formula is C20H17N3OS. The summed E-state index contributed by atoms with van der Waals surface area (Å²) in [4.78, 5) is 17.0. The normalized spacial score (nSPS) is 12.3. The van der Waals surface area contributed by atoms with E-state index in [4.69, 9.17) is 5.73 Å². The monoisotopic (exact) mass is 347 g/mol. The van der Waals surface area contributed by atoms with E-state index in [0.29, 0.717) is 11.3 Å². The Morgan fingerprint density at radius 2 is 1.64 bits per heavy atom. The van der Waals surface area contributed by atoms with Crippen molar-refractivity contribution in [3.8, 4) is 0 Å². The van der Waals surface area contributed by atoms with Gasteiger partial charge in [0, 0.05) is 33.8 Å². The summed E-state index contributed by atoms with van der Waals surface area (Å²) in [5.74, 6) is -0.0506. The van der Waals surface area contributed by atoms with Gasteiger partial charge in [-0.25, -0.2) is 0 Å². The first-order valence-electron chi connectivity index (χ1n) is 7.96. The Kier molecular flexibility index (Phi) is 3.86. The Labute approximate surface area is 150 Å². The van der Waals surface area contributed by atoms with Gasteiger partial charge < -0.3 is 11.1 Å². The van der Waals surface area contributed by atoms with E-state index in [0.717, 1.165) is 26.9 Å². The molecule has 1 aliphatic rings. The predicted molar refractivity (Wildman–Crippen MR) is 104 cm³/mol. The summed E-state index contributed by atoms with van der Waals surface area (Å²) in [6.07, 6.45) is 0. The van der Waals surface area contributed by atoms with Crippen molar-refractivity contribution in [1.29, 1.82) is 0 Å². The molecule has 1 amide bonds. The maximum absolute atomic E-state index is 13.2. The molecular weight excluding hydrogens is 330 g/mol. The van der Waals surface area contributed by atoms with E-state index in [1.807, 2.05) is 67.7 Å². The summed E-state index contributed by atoms with van der Waals surface area (Å²) in [6.45, 7) is 0. The number of fused-ring (bicyclic) bond motifs is 2. The number of hydrogen-bond donors (Lipinski definition) is 2. The third-order valence-corrected chi connectivity index (χ3v) is 5.25. The van der Waals surface area contributed by atoms with Gasteiger partial charge in [-0.2, -0.15) is 0 Å². The molecule has 0 radical (unpaired) electrons. The highest BCUT2D eigenvalue weighted by molar-refractivity contribution is 7.99. The first-order chi connectivity index (χ1) is 12.2. The van der Waals surface area contributed by atoms with Crippen LogP contribution in [-0.4, -0.2) is 13.0 Å². The van der Waals surface area contributed by atoms with Gasteiger partial charge in [-0.3, -0.25) is 9.69 Å². The summed E-state index contributed by atoms with van der Waals surface area (Å²) in [5.41, 5.74) is 10.1. The Morgan fingerprint density at radius 1 is 0.960 bits per heavy atom. The van der Waals surface area contributed by atoms with E-state index in [9.17, 15) is 4.79 Å². The Morgan fingerprint density at radius 3 is 2.36 bits per heavy atom. The lowest BCUT2D eigenvalue weighted by Crippen LogP contribution is -2.28. The number of nitrogens with two attached hydrogens (primary N) is 1. The smallest absolute Gasteiger partial charge is 0.262 e. The fourth-order valence-electron chi connectivity index (χ4n) is 2.91. The van der Waals surface area contributed by atoms with Crippen LogP contribution in [0.25, 0.3) is 0 Å². The summed E-state index contributed by atoms with van der Waals surface area (Å²) in [7, 11) is 1.88. The molecule has 0 spiro atoms. The average molecular weight is 347 g/mol. The number of nitrogen functional groups attached to an aromatic ring is 1. The molecule has 25 heavy (non-hydrogen) atoms. The van der Waals surface area contributed by atoms with E-state index in [1.165, 1.54) is 0 Å². The molecule has 0 unspecified atom stereocenters. The SMILES string of the molecule is CNc1ccc2c(c1)Sc1cc(N)ccc1N2C(=O)c1ccccc1. The maximum atomic E-state index is 13.2. The van der Waals surface area contributed by atoms with Gasteiger partial charge in [0.15, 0.2) is 0 Å². The van der Waals surface area contributed by atoms with Gasteiger partial charge in [-0.05, 0) is 48.5 Å². The Balaban J connectivity index is 1.89. The van der Waals surface area contributed by atoms with Crippen LogP contribution in [0.2, 0.25) is 0 Å². The molecule has 1 aliphatic heterocycles. The van der Waals surface area contributed by atoms with Crippen molar-refractivity contribution in [2.45, 2.75) is 9.79 Å². The molecule has 0 fully saturated rings. The number of amides is 1. The number of carbonyl (C=O) groups is 1. The minimum atomic E-state index is -0.0506. The largest absolute Gasteiger partial charge is 0.399 e. The highest BCUT2D eigenvalue weighted by Gasteiger charge is 2.29. The van der Waals surface area contributed by atoms with Gasteiger partial charge >= 0.3 is 0 Å². The first-order valence-corrected chi connectivity index (χ1v) is 8.78. The molecule has 3 N–H and O–H groups in total. The standard InChI is InChI=1S/C20H17N3OS/c1-22-15-8-10-17-19(12-15)25-18-11-14(21)7-9-16(18)23(17)20(24)13-5-3-2-4-6-13/h2-12,22H,21H2,1H3. The van der Waals surface area contributed by atoms with Gasteiger partial charge in [0.2, 0.25) is 0 Å². The summed E-state index contributed by atoms with van der Waals surface area (Å²) < 4.78 is 0. The van der Waals surface area contributed by atoms with Gasteiger partial charge in [-0.15, -0.1) is 0 Å². The van der Waals surface area contributed by atoms with Crippen LogP contribution in [0.4, 0.5) is 22.7 Å². The summed E-state index contributed by atoms with van der Waals surface area (Å²) in [6, 6.07) is 21.0. The lowest BCUT2D eigenvalue weighted by atomic mass is 10.1. The zero-order valence-corrected chi connectivity index (χ0v) is 14.5. The van der Waals surface area contributed by atoms with Crippen LogP contribution in [0.5, 0.6) is 0 Å². The highest BCUT2D eigenvalue weighted by Crippen LogP contribution is 2.49. The number of benzene rings is 3. The molecule has 3 aromatic carbocycles. The second kappa shape index (κ2) is 6.18. The number of anilines is 4. The summed E-state index contributed by atoms with van der Waals surface area (Å²) in [5, 5.41) is 3.15. The van der Waals surface area contributed by atoms with E-state index in [-0.39, 0.29) is 5.91 Å². The van der Waals surface area contributed by atoms with E-state index < -0.39 is 0 Å². The second-order valence-corrected chi connectivity index (χ2v) is 6.85. The van der Waals surface area contributed by atoms with Crippen molar-refractivity contribution in [3.63, 3.8) is 0 Å². The van der Waals surface area contributed by atoms with Crippen molar-refractivity contribution >= 4 is 40.4 Å². The van der Waals surface area contributed by atoms with Crippen LogP contribution in [0.3, 0.4) is 0 Å². The average Bonchev–Trinajstić information content (AvgIpc) is 2.65. The van der Waals surface area contributed by atoms with Crippen LogP contribution >= 0.6 is 11.8 Å². The van der Waals surface area contributed by atoms with Crippen molar-refractivity contribution in [2.75, 3.05) is 23.0 Å². The van der Waals surface area contributed by atoms with Crippen LogP contribution < -0.4 is 16.0 Å². The van der Waals surface area contributed by atoms with Crippen molar-refractivity contribution in [3.05, 3.63) is 72.3 Å². The van der Waals surface area contributed by atoms with Crippen LogP contribution in [0, 0.1) is 0 Å². The summed E-state index contributed by atoms with van der Waals surface area (Å²) >= 11 is 1.63. The number of carbonyl (C=O) groups excluding carboxylic acids is 1. The fourth-order valence-corrected chi connectivity index (χ4v) is 4.06. The number of nitrogens with one attached hydrogen (secondary N) is 1. The molecule has 0 aromatic heterocycles. The molecule has 0 saturated carbocycles. The zero-order valence-electron chi connectivity index (χ0n) is 13.7. The van der Waals surface area contributed by atoms with Crippen molar-refractivity contribution < 1.29 is 4.79 Å². The quantitative estimate of drug-likeness (QED) is 0.657. The maximum Gasteiger partial charge on any atom is 0.262 e. The first kappa shape index (κ1) is 15.6. The third-order valence-electron chi connectivity index (χ3n) is 4.16. The zero-order chi connectivity index (χ0) is 17.4. The topological polar surface area (TPSA) is 58.4 Å². The molecule has 0 saturated heterocycles. The van der Waals surface area contributed by atoms with E-state index >= 15 is 0 Å². The van der Waals surface area contributed by atoms with E-state index in [2.05, 4.69) is 11.4 Å². The second-order valence-electron chi connectivity index (χ2n) is 5.77. The molecule has 124 valence electrons. The molecule has 0 aliphatic carbocycles. The van der Waals surface area contributed by atoms with Gasteiger partial charge in [0.05, 0.1) is 11.4 Å². The molecule has 5 heteroatoms. The lowest BCUT2D eigenvalue weighted by molar-refractivity contribution is 0.0998. The predicted octanol–water partition coefficient (Wildman–Crippen LogP) is 4.75. The van der Waals surface area contributed by atoms with Gasteiger partial charge in [0.25, 0.3) is 5.91 Å². The third kappa shape index (κ3) is 2.72. The highest BCUT2D eigenvalue weighted by atomic mass is 32.2. The molecule has 0 bridgehead atoms. The fraction of sp³-hybridized carbons (Fsp3) is 0.0500. The molecule has 3 aromatic rings. The van der Waals surface area contributed by atoms with Crippen molar-refractivity contribution in [2.24, 2.45) is 0 Å². The van der Waals surface area contributed by atoms with Crippen molar-refractivity contribution in [1.82, 2.24) is 0 Å². The van der Waals surface area contributed by atoms with E-state index in [1.54, 1.807) is 16.7 Å². The Bertz CT molecular complexity index is 956. The van der Waals surface area contributed by atoms with Gasteiger partial charge in [0.1, 0.15) is 0 Å². The van der Waals surface area contributed by atoms with Crippen LogP contribution in [-0.2, 0) is 0 Å². The lowest BCUT2D eigenvalue weighted by Gasteiger charge is -2.31. The van der Waals surface area contributed by atoms with Crippen LogP contribution in [0.15, 0.2) is 76.5 Å². The molecule has 4 nitrogen and oxygen atoms in total. The number of rotatable bonds is 2. The molecule has 0 atom stereocenters. The molecule has 1 heterocycles. The Hall–Kier alpha value is -2.92.